The van der Waals surface area contributed by atoms with E-state index in [9.17, 15) is 0 Å². The highest BCUT2D eigenvalue weighted by molar-refractivity contribution is 5.39. The lowest BCUT2D eigenvalue weighted by atomic mass is 9.77. The molecule has 0 radical (unpaired) electrons. The molecule has 0 aromatic heterocycles. The van der Waals surface area contributed by atoms with Crippen LogP contribution in [-0.4, -0.2) is 7.05 Å². The Hall–Kier alpha value is -0.820. The van der Waals surface area contributed by atoms with Gasteiger partial charge in [-0.1, -0.05) is 45.9 Å². The summed E-state index contributed by atoms with van der Waals surface area (Å²) in [5.74, 6) is 0.739. The van der Waals surface area contributed by atoms with Gasteiger partial charge >= 0.3 is 0 Å². The molecule has 94 valence electrons. The van der Waals surface area contributed by atoms with E-state index >= 15 is 0 Å². The van der Waals surface area contributed by atoms with Crippen molar-refractivity contribution in [3.63, 3.8) is 0 Å². The van der Waals surface area contributed by atoms with Crippen LogP contribution in [0.5, 0.6) is 0 Å². The topological polar surface area (TPSA) is 12.0 Å². The van der Waals surface area contributed by atoms with E-state index in [1.165, 1.54) is 29.5 Å². The van der Waals surface area contributed by atoms with Gasteiger partial charge in [0.05, 0.1) is 0 Å². The van der Waals surface area contributed by atoms with Crippen molar-refractivity contribution in [1.82, 2.24) is 5.32 Å². The van der Waals surface area contributed by atoms with Gasteiger partial charge in [-0.15, -0.1) is 0 Å². The van der Waals surface area contributed by atoms with Crippen molar-refractivity contribution in [2.24, 2.45) is 5.92 Å². The third kappa shape index (κ3) is 2.40. The van der Waals surface area contributed by atoms with Gasteiger partial charge in [-0.05, 0) is 47.9 Å². The Morgan fingerprint density at radius 3 is 2.53 bits per heavy atom. The quantitative estimate of drug-likeness (QED) is 0.774. The third-order valence-corrected chi connectivity index (χ3v) is 4.10. The summed E-state index contributed by atoms with van der Waals surface area (Å²) in [7, 11) is 2.08. The van der Waals surface area contributed by atoms with Gasteiger partial charge in [0.25, 0.3) is 0 Å². The summed E-state index contributed by atoms with van der Waals surface area (Å²) in [6.45, 7) is 9.22. The minimum Gasteiger partial charge on any atom is -0.313 e. The molecule has 1 aliphatic carbocycles. The minimum absolute atomic E-state index is 0.244. The zero-order chi connectivity index (χ0) is 12.6. The Balaban J connectivity index is 2.45. The van der Waals surface area contributed by atoms with Gasteiger partial charge in [-0.25, -0.2) is 0 Å². The molecular formula is C16H25N. The van der Waals surface area contributed by atoms with E-state index < -0.39 is 0 Å². The summed E-state index contributed by atoms with van der Waals surface area (Å²) in [5, 5.41) is 3.49. The Bertz CT molecular complexity index is 400. The molecule has 1 N–H and O–H groups in total. The van der Waals surface area contributed by atoms with Crippen LogP contribution < -0.4 is 5.32 Å². The zero-order valence-electron chi connectivity index (χ0n) is 11.8. The van der Waals surface area contributed by atoms with Crippen molar-refractivity contribution in [3.05, 3.63) is 34.9 Å². The minimum atomic E-state index is 0.244. The van der Waals surface area contributed by atoms with E-state index in [2.05, 4.69) is 58.3 Å². The van der Waals surface area contributed by atoms with E-state index in [1.807, 2.05) is 0 Å². The molecule has 1 aliphatic rings. The van der Waals surface area contributed by atoms with Crippen molar-refractivity contribution in [3.8, 4) is 0 Å². The number of rotatable bonds is 1. The zero-order valence-corrected chi connectivity index (χ0v) is 11.8. The maximum absolute atomic E-state index is 3.49. The van der Waals surface area contributed by atoms with E-state index in [0.29, 0.717) is 6.04 Å². The first-order valence-electron chi connectivity index (χ1n) is 6.74. The fraction of sp³-hybridized carbons (Fsp3) is 0.625. The summed E-state index contributed by atoms with van der Waals surface area (Å²) in [6, 6.07) is 7.60. The second-order valence-corrected chi connectivity index (χ2v) is 6.45. The van der Waals surface area contributed by atoms with Gasteiger partial charge in [0.15, 0.2) is 0 Å². The first-order chi connectivity index (χ1) is 7.93. The van der Waals surface area contributed by atoms with Crippen LogP contribution in [0.15, 0.2) is 18.2 Å². The largest absolute Gasteiger partial charge is 0.313 e. The Labute approximate surface area is 106 Å². The van der Waals surface area contributed by atoms with Gasteiger partial charge in [0, 0.05) is 6.04 Å². The van der Waals surface area contributed by atoms with Crippen LogP contribution in [0.25, 0.3) is 0 Å². The number of fused-ring (bicyclic) bond motifs is 1. The predicted molar refractivity (Wildman–Crippen MR) is 74.4 cm³/mol. The lowest BCUT2D eigenvalue weighted by Crippen LogP contribution is -2.29. The van der Waals surface area contributed by atoms with Crippen molar-refractivity contribution < 1.29 is 0 Å². The molecule has 2 rings (SSSR count). The Morgan fingerprint density at radius 1 is 1.24 bits per heavy atom. The normalized spacial score (nSPS) is 24.5. The molecule has 0 amide bonds. The van der Waals surface area contributed by atoms with Crippen molar-refractivity contribution in [2.45, 2.75) is 52.0 Å². The van der Waals surface area contributed by atoms with Crippen LogP contribution in [-0.2, 0) is 11.8 Å². The SMILES string of the molecule is CNC1c2cc(C(C)(C)C)ccc2CCC1C. The molecule has 0 aliphatic heterocycles. The summed E-state index contributed by atoms with van der Waals surface area (Å²) in [6.07, 6.45) is 2.53. The highest BCUT2D eigenvalue weighted by Gasteiger charge is 2.26. The molecule has 1 aromatic rings. The lowest BCUT2D eigenvalue weighted by Gasteiger charge is -2.33. The molecule has 2 atom stereocenters. The molecule has 0 saturated heterocycles. The molecular weight excluding hydrogens is 206 g/mol. The van der Waals surface area contributed by atoms with Gasteiger partial charge in [-0.3, -0.25) is 0 Å². The highest BCUT2D eigenvalue weighted by atomic mass is 14.9. The molecule has 17 heavy (non-hydrogen) atoms. The second kappa shape index (κ2) is 4.45. The molecule has 0 bridgehead atoms. The average molecular weight is 231 g/mol. The standard InChI is InChI=1S/C16H25N/c1-11-6-7-12-8-9-13(16(2,3)4)10-14(12)15(11)17-5/h8-11,15,17H,6-7H2,1-5H3. The summed E-state index contributed by atoms with van der Waals surface area (Å²) in [4.78, 5) is 0. The highest BCUT2D eigenvalue weighted by Crippen LogP contribution is 2.36. The molecule has 0 saturated carbocycles. The Kier molecular flexibility index (Phi) is 3.31. The number of benzene rings is 1. The number of nitrogens with one attached hydrogen (secondary N) is 1. The summed E-state index contributed by atoms with van der Waals surface area (Å²) < 4.78 is 0. The Morgan fingerprint density at radius 2 is 1.94 bits per heavy atom. The fourth-order valence-electron chi connectivity index (χ4n) is 2.88. The van der Waals surface area contributed by atoms with Crippen molar-refractivity contribution >= 4 is 0 Å². The number of hydrogen-bond donors (Lipinski definition) is 1. The van der Waals surface area contributed by atoms with Crippen LogP contribution in [0.4, 0.5) is 0 Å². The van der Waals surface area contributed by atoms with Crippen LogP contribution in [0.2, 0.25) is 0 Å². The van der Waals surface area contributed by atoms with E-state index in [1.54, 1.807) is 0 Å². The third-order valence-electron chi connectivity index (χ3n) is 4.10. The first-order valence-corrected chi connectivity index (χ1v) is 6.74. The van der Waals surface area contributed by atoms with Gasteiger partial charge in [0.1, 0.15) is 0 Å². The monoisotopic (exact) mass is 231 g/mol. The first kappa shape index (κ1) is 12.6. The van der Waals surface area contributed by atoms with E-state index in [0.717, 1.165) is 5.92 Å². The summed E-state index contributed by atoms with van der Waals surface area (Å²) in [5.41, 5.74) is 4.76. The smallest absolute Gasteiger partial charge is 0.0346 e. The molecule has 0 heterocycles. The fourth-order valence-corrected chi connectivity index (χ4v) is 2.88. The average Bonchev–Trinajstić information content (AvgIpc) is 2.27. The number of hydrogen-bond acceptors (Lipinski definition) is 1. The van der Waals surface area contributed by atoms with Crippen molar-refractivity contribution in [2.75, 3.05) is 7.05 Å². The second-order valence-electron chi connectivity index (χ2n) is 6.45. The predicted octanol–water partition coefficient (Wildman–Crippen LogP) is 3.83. The van der Waals surface area contributed by atoms with Crippen LogP contribution in [0.1, 0.15) is 56.8 Å². The maximum atomic E-state index is 3.49. The van der Waals surface area contributed by atoms with Crippen LogP contribution in [0, 0.1) is 5.92 Å². The van der Waals surface area contributed by atoms with Crippen LogP contribution in [0.3, 0.4) is 0 Å². The lowest BCUT2D eigenvalue weighted by molar-refractivity contribution is 0.363. The van der Waals surface area contributed by atoms with Crippen LogP contribution >= 0.6 is 0 Å². The molecule has 1 nitrogen and oxygen atoms in total. The molecule has 0 fully saturated rings. The molecule has 0 spiro atoms. The molecule has 2 unspecified atom stereocenters. The molecule has 1 heteroatoms. The van der Waals surface area contributed by atoms with Gasteiger partial charge in [0.2, 0.25) is 0 Å². The van der Waals surface area contributed by atoms with Gasteiger partial charge in [-0.2, -0.15) is 0 Å². The maximum Gasteiger partial charge on any atom is 0.0346 e. The summed E-state index contributed by atoms with van der Waals surface area (Å²) >= 11 is 0. The van der Waals surface area contributed by atoms with Gasteiger partial charge < -0.3 is 5.32 Å². The van der Waals surface area contributed by atoms with E-state index in [-0.39, 0.29) is 5.41 Å². The van der Waals surface area contributed by atoms with Crippen molar-refractivity contribution in [1.29, 1.82) is 0 Å². The van der Waals surface area contributed by atoms with E-state index in [4.69, 9.17) is 0 Å². The number of aryl methyl sites for hydroxylation is 1. The molecule has 1 aromatic carbocycles.